The fraction of sp³-hybridized carbons (Fsp3) is 0.400. The van der Waals surface area contributed by atoms with E-state index in [2.05, 4.69) is 20.9 Å². The van der Waals surface area contributed by atoms with Gasteiger partial charge in [0.05, 0.1) is 11.1 Å². The second kappa shape index (κ2) is 13.6. The molecular weight excluding hydrogens is 582 g/mol. The summed E-state index contributed by atoms with van der Waals surface area (Å²) in [6, 6.07) is 9.00. The molecule has 0 radical (unpaired) electrons. The number of aromatic nitrogens is 1. The Labute approximate surface area is 252 Å². The maximum absolute atomic E-state index is 13.9. The van der Waals surface area contributed by atoms with Crippen LogP contribution in [0.1, 0.15) is 18.4 Å². The van der Waals surface area contributed by atoms with Gasteiger partial charge in [0, 0.05) is 57.3 Å². The minimum absolute atomic E-state index is 0.0329. The number of amides is 3. The van der Waals surface area contributed by atoms with E-state index in [1.807, 2.05) is 0 Å². The van der Waals surface area contributed by atoms with E-state index in [-0.39, 0.29) is 48.1 Å². The Balaban J connectivity index is 1.21. The predicted octanol–water partition coefficient (Wildman–Crippen LogP) is 3.34. The highest BCUT2D eigenvalue weighted by Crippen LogP contribution is 2.26. The van der Waals surface area contributed by atoms with Crippen LogP contribution in [0.3, 0.4) is 0 Å². The van der Waals surface area contributed by atoms with Crippen LogP contribution in [0.5, 0.6) is 0 Å². The van der Waals surface area contributed by atoms with E-state index in [1.165, 1.54) is 35.4 Å². The summed E-state index contributed by atoms with van der Waals surface area (Å²) in [6.07, 6.45) is 1.53. The summed E-state index contributed by atoms with van der Waals surface area (Å²) < 4.78 is 33.0. The fourth-order valence-electron chi connectivity index (χ4n) is 5.18. The highest BCUT2D eigenvalue weighted by molar-refractivity contribution is 6.31. The van der Waals surface area contributed by atoms with Crippen molar-refractivity contribution < 1.29 is 27.9 Å². The first-order valence-electron chi connectivity index (χ1n) is 14.1. The monoisotopic (exact) mass is 614 g/mol. The molecule has 0 bridgehead atoms. The maximum Gasteiger partial charge on any atom is 0.412 e. The molecule has 1 aromatic heterocycles. The number of anilines is 1. The van der Waals surface area contributed by atoms with E-state index < -0.39 is 29.8 Å². The van der Waals surface area contributed by atoms with E-state index in [9.17, 15) is 23.2 Å². The molecule has 3 aromatic rings. The molecule has 10 nitrogen and oxygen atoms in total. The molecule has 2 aliphatic rings. The smallest absolute Gasteiger partial charge is 0.412 e. The predicted molar refractivity (Wildman–Crippen MR) is 158 cm³/mol. The van der Waals surface area contributed by atoms with Crippen LogP contribution in [-0.2, 0) is 20.7 Å². The summed E-state index contributed by atoms with van der Waals surface area (Å²) in [5.74, 6) is -1.02. The van der Waals surface area contributed by atoms with Crippen LogP contribution in [0.25, 0.3) is 10.8 Å². The molecule has 2 saturated heterocycles. The molecule has 228 valence electrons. The van der Waals surface area contributed by atoms with Crippen LogP contribution in [0.2, 0.25) is 5.02 Å². The van der Waals surface area contributed by atoms with Gasteiger partial charge in [0.25, 0.3) is 0 Å². The second-order valence-corrected chi connectivity index (χ2v) is 11.1. The molecule has 2 aliphatic heterocycles. The van der Waals surface area contributed by atoms with Gasteiger partial charge in [-0.2, -0.15) is 0 Å². The number of carbonyl (C=O) groups is 3. The Kier molecular flexibility index (Phi) is 9.69. The van der Waals surface area contributed by atoms with Gasteiger partial charge >= 0.3 is 6.09 Å². The van der Waals surface area contributed by atoms with Crippen molar-refractivity contribution in [2.24, 2.45) is 0 Å². The first-order chi connectivity index (χ1) is 20.7. The molecule has 13 heteroatoms. The van der Waals surface area contributed by atoms with E-state index >= 15 is 0 Å². The SMILES string of the molecule is CN(C(=O)C1NC1Cc1cccc(F)c1Cl)[C@@H](CCC(=O)N1CCNCC1)COC(=O)Nc1cc2cc(F)ccc2cn1. The van der Waals surface area contributed by atoms with Gasteiger partial charge in [0.15, 0.2) is 0 Å². The third kappa shape index (κ3) is 7.75. The number of benzene rings is 2. The molecule has 0 spiro atoms. The minimum atomic E-state index is -0.800. The number of hydrogen-bond donors (Lipinski definition) is 3. The van der Waals surface area contributed by atoms with Crippen molar-refractivity contribution in [2.75, 3.05) is 45.2 Å². The lowest BCUT2D eigenvalue weighted by atomic mass is 10.1. The number of halogens is 3. The zero-order valence-corrected chi connectivity index (χ0v) is 24.4. The molecular formula is C30H33ClF2N6O4. The number of hydrogen-bond acceptors (Lipinski definition) is 7. The number of likely N-dealkylation sites (N-methyl/N-ethyl adjacent to an activating group) is 1. The molecule has 3 heterocycles. The second-order valence-electron chi connectivity index (χ2n) is 10.7. The number of rotatable bonds is 10. The summed E-state index contributed by atoms with van der Waals surface area (Å²) >= 11 is 6.09. The number of pyridine rings is 1. The number of fused-ring (bicyclic) bond motifs is 1. The van der Waals surface area contributed by atoms with Crippen LogP contribution >= 0.6 is 11.6 Å². The van der Waals surface area contributed by atoms with Crippen molar-refractivity contribution >= 4 is 46.1 Å². The highest BCUT2D eigenvalue weighted by atomic mass is 35.5. The van der Waals surface area contributed by atoms with Crippen LogP contribution in [0, 0.1) is 11.6 Å². The number of nitrogens with one attached hydrogen (secondary N) is 3. The first-order valence-corrected chi connectivity index (χ1v) is 14.5. The molecule has 5 rings (SSSR count). The van der Waals surface area contributed by atoms with Crippen molar-refractivity contribution in [3.05, 3.63) is 70.9 Å². The van der Waals surface area contributed by atoms with E-state index in [1.54, 1.807) is 30.1 Å². The quantitative estimate of drug-likeness (QED) is 0.299. The summed E-state index contributed by atoms with van der Waals surface area (Å²) in [4.78, 5) is 46.3. The summed E-state index contributed by atoms with van der Waals surface area (Å²) in [6.45, 7) is 2.48. The lowest BCUT2D eigenvalue weighted by molar-refractivity contribution is -0.135. The summed E-state index contributed by atoms with van der Waals surface area (Å²) in [5, 5.41) is 10.2. The van der Waals surface area contributed by atoms with Crippen LogP contribution in [0.4, 0.5) is 19.4 Å². The number of piperazine rings is 1. The molecule has 3 atom stereocenters. The Morgan fingerprint density at radius 1 is 1.16 bits per heavy atom. The molecule has 2 aromatic carbocycles. The lowest BCUT2D eigenvalue weighted by Gasteiger charge is -2.30. The zero-order valence-electron chi connectivity index (χ0n) is 23.6. The van der Waals surface area contributed by atoms with Gasteiger partial charge < -0.3 is 19.9 Å². The molecule has 2 unspecified atom stereocenters. The molecule has 0 aliphatic carbocycles. The molecule has 43 heavy (non-hydrogen) atoms. The number of carbonyl (C=O) groups excluding carboxylic acids is 3. The number of ether oxygens (including phenoxy) is 1. The number of nitrogens with zero attached hydrogens (tertiary/aromatic N) is 3. The maximum atomic E-state index is 13.9. The van der Waals surface area contributed by atoms with Crippen molar-refractivity contribution in [2.45, 2.75) is 37.4 Å². The van der Waals surface area contributed by atoms with Crippen LogP contribution in [0.15, 0.2) is 48.7 Å². The van der Waals surface area contributed by atoms with Gasteiger partial charge in [0.1, 0.15) is 30.1 Å². The van der Waals surface area contributed by atoms with Crippen LogP contribution < -0.4 is 16.0 Å². The third-order valence-corrected chi connectivity index (χ3v) is 8.22. The van der Waals surface area contributed by atoms with Gasteiger partial charge in [0.2, 0.25) is 11.8 Å². The molecule has 3 N–H and O–H groups in total. The summed E-state index contributed by atoms with van der Waals surface area (Å²) in [5.41, 5.74) is 0.598. The standard InChI is InChI=1S/C30H33ClF2N6O4/c1-38(29(41)28-24(36-28)14-18-3-2-4-23(33)27(18)31)22(7-8-26(40)39-11-9-34-10-12-39)17-43-30(42)37-25-15-20-13-21(32)6-5-19(20)16-35-25/h2-6,13,15-16,22,24,28,34,36H,7-12,14,17H2,1H3,(H,35,37,42)/t22-,24?,28?/m0/s1. The topological polar surface area (TPSA) is 126 Å². The van der Waals surface area contributed by atoms with Crippen LogP contribution in [-0.4, -0.2) is 90.7 Å². The van der Waals surface area contributed by atoms with E-state index in [0.29, 0.717) is 35.8 Å². The fourth-order valence-corrected chi connectivity index (χ4v) is 5.38. The van der Waals surface area contributed by atoms with Gasteiger partial charge in [-0.05, 0) is 54.1 Å². The molecule has 0 saturated carbocycles. The van der Waals surface area contributed by atoms with E-state index in [0.717, 1.165) is 13.1 Å². The summed E-state index contributed by atoms with van der Waals surface area (Å²) in [7, 11) is 1.61. The van der Waals surface area contributed by atoms with Crippen molar-refractivity contribution in [3.63, 3.8) is 0 Å². The lowest BCUT2D eigenvalue weighted by Crippen LogP contribution is -2.47. The van der Waals surface area contributed by atoms with E-state index in [4.69, 9.17) is 16.3 Å². The Hall–Kier alpha value is -3.87. The van der Waals surface area contributed by atoms with Crippen molar-refractivity contribution in [1.82, 2.24) is 25.4 Å². The van der Waals surface area contributed by atoms with Gasteiger partial charge in [-0.3, -0.25) is 20.2 Å². The third-order valence-electron chi connectivity index (χ3n) is 7.80. The first kappa shape index (κ1) is 30.6. The zero-order chi connectivity index (χ0) is 30.5. The molecule has 3 amide bonds. The Morgan fingerprint density at radius 3 is 2.74 bits per heavy atom. The average molecular weight is 615 g/mol. The minimum Gasteiger partial charge on any atom is -0.447 e. The van der Waals surface area contributed by atoms with Gasteiger partial charge in [-0.1, -0.05) is 23.7 Å². The Morgan fingerprint density at radius 2 is 1.95 bits per heavy atom. The van der Waals surface area contributed by atoms with Gasteiger partial charge in [-0.15, -0.1) is 0 Å². The molecule has 2 fully saturated rings. The Bertz CT molecular complexity index is 1500. The normalized spacial score (nSPS) is 18.7. The van der Waals surface area contributed by atoms with Crippen molar-refractivity contribution in [3.8, 4) is 0 Å². The van der Waals surface area contributed by atoms with Crippen molar-refractivity contribution in [1.29, 1.82) is 0 Å². The average Bonchev–Trinajstić information content (AvgIpc) is 3.78. The van der Waals surface area contributed by atoms with Gasteiger partial charge in [-0.25, -0.2) is 18.6 Å². The highest BCUT2D eigenvalue weighted by Gasteiger charge is 2.45. The largest absolute Gasteiger partial charge is 0.447 e.